The molecule has 0 aliphatic carbocycles. The molecule has 0 radical (unpaired) electrons. The number of ether oxygens (including phenoxy) is 2. The molecule has 2 aromatic heterocycles. The summed E-state index contributed by atoms with van der Waals surface area (Å²) < 4.78 is 11.7. The van der Waals surface area contributed by atoms with Crippen LogP contribution in [-0.4, -0.2) is 23.0 Å². The normalized spacial score (nSPS) is 10.9. The first kappa shape index (κ1) is 18.6. The zero-order valence-corrected chi connectivity index (χ0v) is 16.9. The summed E-state index contributed by atoms with van der Waals surface area (Å²) in [6.45, 7) is 0.186. The molecule has 4 aromatic rings. The van der Waals surface area contributed by atoms with Gasteiger partial charge in [0.05, 0.1) is 34.4 Å². The summed E-state index contributed by atoms with van der Waals surface area (Å²) in [6, 6.07) is 15.7. The second-order valence-electron chi connectivity index (χ2n) is 6.11. The first-order valence-corrected chi connectivity index (χ1v) is 10.5. The highest BCUT2D eigenvalue weighted by Crippen LogP contribution is 2.26. The van der Waals surface area contributed by atoms with E-state index in [0.717, 1.165) is 37.2 Å². The van der Waals surface area contributed by atoms with Gasteiger partial charge in [-0.05, 0) is 36.4 Å². The molecule has 0 aliphatic rings. The highest BCUT2D eigenvalue weighted by Gasteiger charge is 2.10. The molecular weight excluding hydrogens is 392 g/mol. The number of aryl methyl sites for hydroxylation is 1. The Morgan fingerprint density at radius 2 is 1.89 bits per heavy atom. The number of methoxy groups -OCH3 is 1. The molecule has 0 saturated heterocycles. The van der Waals surface area contributed by atoms with E-state index in [2.05, 4.69) is 9.97 Å². The molecule has 2 aromatic carbocycles. The highest BCUT2D eigenvalue weighted by molar-refractivity contribution is 7.18. The van der Waals surface area contributed by atoms with Crippen molar-refractivity contribution < 1.29 is 14.3 Å². The van der Waals surface area contributed by atoms with Crippen LogP contribution >= 0.6 is 22.7 Å². The molecule has 0 unspecified atom stereocenters. The average molecular weight is 411 g/mol. The number of hydrogen-bond donors (Lipinski definition) is 0. The summed E-state index contributed by atoms with van der Waals surface area (Å²) in [5.74, 6) is 0.570. The molecule has 0 spiro atoms. The second-order valence-corrected chi connectivity index (χ2v) is 8.08. The number of esters is 1. The summed E-state index contributed by atoms with van der Waals surface area (Å²) in [7, 11) is 1.64. The minimum Gasteiger partial charge on any atom is -0.497 e. The van der Waals surface area contributed by atoms with Crippen LogP contribution in [0.1, 0.15) is 17.1 Å². The van der Waals surface area contributed by atoms with Gasteiger partial charge in [0.25, 0.3) is 0 Å². The quantitative estimate of drug-likeness (QED) is 0.397. The van der Waals surface area contributed by atoms with Crippen molar-refractivity contribution in [3.8, 4) is 16.3 Å². The summed E-state index contributed by atoms with van der Waals surface area (Å²) in [6.07, 6.45) is 0.904. The number of rotatable bonds is 7. The predicted molar refractivity (Wildman–Crippen MR) is 112 cm³/mol. The van der Waals surface area contributed by atoms with E-state index in [1.807, 2.05) is 53.9 Å². The number of hydrogen-bond acceptors (Lipinski definition) is 7. The fourth-order valence-corrected chi connectivity index (χ4v) is 4.48. The standard InChI is InChI=1S/C21H18N2O3S2/c1-25-16-8-6-14(7-9-16)21-22-15(13-27-21)12-26-20(24)11-10-19-23-17-4-2-3-5-18(17)28-19/h2-9,13H,10-12H2,1H3. The van der Waals surface area contributed by atoms with E-state index < -0.39 is 0 Å². The Kier molecular flexibility index (Phi) is 5.64. The zero-order chi connectivity index (χ0) is 19.3. The molecular formula is C21H18N2O3S2. The van der Waals surface area contributed by atoms with Gasteiger partial charge >= 0.3 is 5.97 Å². The Balaban J connectivity index is 1.29. The average Bonchev–Trinajstić information content (AvgIpc) is 3.37. The van der Waals surface area contributed by atoms with Crippen LogP contribution in [0, 0.1) is 0 Å². The third-order valence-corrected chi connectivity index (χ3v) is 6.19. The number of thiazole rings is 2. The van der Waals surface area contributed by atoms with Crippen molar-refractivity contribution in [1.29, 1.82) is 0 Å². The van der Waals surface area contributed by atoms with Crippen molar-refractivity contribution >= 4 is 38.9 Å². The number of fused-ring (bicyclic) bond motifs is 1. The molecule has 2 heterocycles. The maximum absolute atomic E-state index is 12.1. The minimum atomic E-state index is -0.238. The topological polar surface area (TPSA) is 61.3 Å². The van der Waals surface area contributed by atoms with Gasteiger partial charge < -0.3 is 9.47 Å². The van der Waals surface area contributed by atoms with Gasteiger partial charge in [-0.3, -0.25) is 4.79 Å². The maximum Gasteiger partial charge on any atom is 0.306 e. The molecule has 142 valence electrons. The Hall–Kier alpha value is -2.77. The van der Waals surface area contributed by atoms with Gasteiger partial charge in [0.15, 0.2) is 0 Å². The number of benzene rings is 2. The second kappa shape index (κ2) is 8.50. The third-order valence-electron chi connectivity index (χ3n) is 4.15. The third kappa shape index (κ3) is 4.37. The van der Waals surface area contributed by atoms with Gasteiger partial charge in [-0.2, -0.15) is 0 Å². The SMILES string of the molecule is COc1ccc(-c2nc(COC(=O)CCc3nc4ccccc4s3)cs2)cc1. The van der Waals surface area contributed by atoms with Gasteiger partial charge in [0.2, 0.25) is 0 Å². The number of carbonyl (C=O) groups excluding carboxylic acids is 1. The first-order valence-electron chi connectivity index (χ1n) is 8.80. The Morgan fingerprint density at radius 3 is 2.68 bits per heavy atom. The molecule has 7 heteroatoms. The van der Waals surface area contributed by atoms with Crippen LogP contribution in [0.2, 0.25) is 0 Å². The van der Waals surface area contributed by atoms with Crippen LogP contribution in [0.25, 0.3) is 20.8 Å². The monoisotopic (exact) mass is 410 g/mol. The van der Waals surface area contributed by atoms with Gasteiger partial charge in [0, 0.05) is 17.4 Å². The first-order chi connectivity index (χ1) is 13.7. The van der Waals surface area contributed by atoms with E-state index in [1.54, 1.807) is 18.4 Å². The lowest BCUT2D eigenvalue weighted by atomic mass is 10.2. The van der Waals surface area contributed by atoms with Crippen molar-refractivity contribution in [1.82, 2.24) is 9.97 Å². The van der Waals surface area contributed by atoms with E-state index in [1.165, 1.54) is 11.3 Å². The van der Waals surface area contributed by atoms with Crippen LogP contribution in [0.3, 0.4) is 0 Å². The van der Waals surface area contributed by atoms with Gasteiger partial charge in [-0.1, -0.05) is 12.1 Å². The summed E-state index contributed by atoms with van der Waals surface area (Å²) in [5.41, 5.74) is 2.74. The molecule has 0 bridgehead atoms. The predicted octanol–water partition coefficient (Wildman–Crippen LogP) is 5.10. The molecule has 28 heavy (non-hydrogen) atoms. The van der Waals surface area contributed by atoms with E-state index in [9.17, 15) is 4.79 Å². The highest BCUT2D eigenvalue weighted by atomic mass is 32.1. The van der Waals surface area contributed by atoms with Crippen LogP contribution in [0.5, 0.6) is 5.75 Å². The maximum atomic E-state index is 12.1. The van der Waals surface area contributed by atoms with E-state index >= 15 is 0 Å². The van der Waals surface area contributed by atoms with Crippen molar-refractivity contribution in [2.75, 3.05) is 7.11 Å². The number of para-hydroxylation sites is 1. The largest absolute Gasteiger partial charge is 0.497 e. The lowest BCUT2D eigenvalue weighted by Crippen LogP contribution is -2.06. The fourth-order valence-electron chi connectivity index (χ4n) is 2.70. The van der Waals surface area contributed by atoms with Crippen LogP contribution in [0.15, 0.2) is 53.9 Å². The summed E-state index contributed by atoms with van der Waals surface area (Å²) in [5, 5.41) is 3.76. The summed E-state index contributed by atoms with van der Waals surface area (Å²) in [4.78, 5) is 21.2. The molecule has 0 atom stereocenters. The van der Waals surface area contributed by atoms with Crippen molar-refractivity contribution in [2.45, 2.75) is 19.4 Å². The Morgan fingerprint density at radius 1 is 1.07 bits per heavy atom. The fraction of sp³-hybridized carbons (Fsp3) is 0.190. The van der Waals surface area contributed by atoms with Crippen LogP contribution in [0.4, 0.5) is 0 Å². The number of aromatic nitrogens is 2. The van der Waals surface area contributed by atoms with Crippen molar-refractivity contribution in [3.05, 3.63) is 64.6 Å². The van der Waals surface area contributed by atoms with Crippen molar-refractivity contribution in [2.24, 2.45) is 0 Å². The molecule has 0 fully saturated rings. The molecule has 0 N–H and O–H groups in total. The van der Waals surface area contributed by atoms with Gasteiger partial charge in [-0.15, -0.1) is 22.7 Å². The lowest BCUT2D eigenvalue weighted by molar-refractivity contribution is -0.145. The van der Waals surface area contributed by atoms with Gasteiger partial charge in [-0.25, -0.2) is 9.97 Å². The Labute approximate surface area is 170 Å². The Bertz CT molecular complexity index is 1050. The molecule has 0 amide bonds. The van der Waals surface area contributed by atoms with Gasteiger partial charge in [0.1, 0.15) is 17.4 Å². The number of carbonyl (C=O) groups is 1. The summed E-state index contributed by atoms with van der Waals surface area (Å²) >= 11 is 3.15. The molecule has 0 aliphatic heterocycles. The smallest absolute Gasteiger partial charge is 0.306 e. The minimum absolute atomic E-state index is 0.186. The van der Waals surface area contributed by atoms with E-state index in [0.29, 0.717) is 12.8 Å². The lowest BCUT2D eigenvalue weighted by Gasteiger charge is -2.02. The molecule has 4 rings (SSSR count). The number of nitrogens with zero attached hydrogens (tertiary/aromatic N) is 2. The van der Waals surface area contributed by atoms with Crippen LogP contribution in [-0.2, 0) is 22.6 Å². The van der Waals surface area contributed by atoms with E-state index in [4.69, 9.17) is 9.47 Å². The van der Waals surface area contributed by atoms with Crippen molar-refractivity contribution in [3.63, 3.8) is 0 Å². The van der Waals surface area contributed by atoms with Crippen LogP contribution < -0.4 is 4.74 Å². The zero-order valence-electron chi connectivity index (χ0n) is 15.3. The van der Waals surface area contributed by atoms with E-state index in [-0.39, 0.29) is 12.6 Å². The molecule has 0 saturated carbocycles. The molecule has 5 nitrogen and oxygen atoms in total.